The SMILES string of the molecule is CCC(CC)n1cc(C=O)c(-c2ccc(Cl)cc2Cl)n1. The van der Waals surface area contributed by atoms with E-state index < -0.39 is 0 Å². The highest BCUT2D eigenvalue weighted by molar-refractivity contribution is 6.36. The van der Waals surface area contributed by atoms with E-state index in [2.05, 4.69) is 18.9 Å². The fourth-order valence-electron chi connectivity index (χ4n) is 2.23. The monoisotopic (exact) mass is 310 g/mol. The molecule has 0 spiro atoms. The molecule has 0 N–H and O–H groups in total. The summed E-state index contributed by atoms with van der Waals surface area (Å²) in [5.41, 5.74) is 1.87. The van der Waals surface area contributed by atoms with E-state index in [1.165, 1.54) is 0 Å². The van der Waals surface area contributed by atoms with Crippen LogP contribution in [0.5, 0.6) is 0 Å². The van der Waals surface area contributed by atoms with Gasteiger partial charge < -0.3 is 0 Å². The zero-order valence-electron chi connectivity index (χ0n) is 11.4. The van der Waals surface area contributed by atoms with Crippen molar-refractivity contribution < 1.29 is 4.79 Å². The maximum absolute atomic E-state index is 11.3. The topological polar surface area (TPSA) is 34.9 Å². The molecular weight excluding hydrogens is 295 g/mol. The van der Waals surface area contributed by atoms with Gasteiger partial charge in [0.1, 0.15) is 5.69 Å². The molecule has 0 saturated heterocycles. The van der Waals surface area contributed by atoms with Crippen LogP contribution in [0, 0.1) is 0 Å². The molecule has 20 heavy (non-hydrogen) atoms. The van der Waals surface area contributed by atoms with Gasteiger partial charge in [-0.2, -0.15) is 5.10 Å². The molecule has 0 bridgehead atoms. The summed E-state index contributed by atoms with van der Waals surface area (Å²) < 4.78 is 1.85. The first kappa shape index (κ1) is 15.1. The fraction of sp³-hybridized carbons (Fsp3) is 0.333. The minimum absolute atomic E-state index is 0.286. The minimum Gasteiger partial charge on any atom is -0.298 e. The summed E-state index contributed by atoms with van der Waals surface area (Å²) in [6, 6.07) is 5.47. The van der Waals surface area contributed by atoms with Gasteiger partial charge in [-0.1, -0.05) is 37.0 Å². The molecule has 2 rings (SSSR count). The summed E-state index contributed by atoms with van der Waals surface area (Å²) >= 11 is 12.1. The normalized spacial score (nSPS) is 11.1. The van der Waals surface area contributed by atoms with Crippen LogP contribution in [-0.2, 0) is 0 Å². The second-order valence-corrected chi connectivity index (χ2v) is 5.47. The Labute approximate surface area is 128 Å². The number of nitrogens with zero attached hydrogens (tertiary/aromatic N) is 2. The Morgan fingerprint density at radius 1 is 1.30 bits per heavy atom. The lowest BCUT2D eigenvalue weighted by molar-refractivity contribution is 0.112. The van der Waals surface area contributed by atoms with Crippen molar-refractivity contribution in [3.8, 4) is 11.3 Å². The summed E-state index contributed by atoms with van der Waals surface area (Å²) in [6.45, 7) is 4.21. The third-order valence-electron chi connectivity index (χ3n) is 3.39. The number of aldehydes is 1. The molecule has 0 aliphatic carbocycles. The molecule has 0 saturated carbocycles. The number of carbonyl (C=O) groups is 1. The van der Waals surface area contributed by atoms with Crippen LogP contribution in [-0.4, -0.2) is 16.1 Å². The lowest BCUT2D eigenvalue weighted by Crippen LogP contribution is -2.07. The first-order chi connectivity index (χ1) is 9.60. The standard InChI is InChI=1S/C15H16Cl2N2O/c1-3-12(4-2)19-8-10(9-20)15(18-19)13-6-5-11(16)7-14(13)17/h5-9,12H,3-4H2,1-2H3. The van der Waals surface area contributed by atoms with Gasteiger partial charge in [-0.05, 0) is 31.0 Å². The van der Waals surface area contributed by atoms with E-state index in [-0.39, 0.29) is 6.04 Å². The van der Waals surface area contributed by atoms with Gasteiger partial charge >= 0.3 is 0 Å². The Morgan fingerprint density at radius 3 is 2.55 bits per heavy atom. The van der Waals surface area contributed by atoms with Crippen molar-refractivity contribution in [1.29, 1.82) is 0 Å². The van der Waals surface area contributed by atoms with Gasteiger partial charge in [0.05, 0.1) is 16.6 Å². The van der Waals surface area contributed by atoms with Gasteiger partial charge in [0.25, 0.3) is 0 Å². The fourth-order valence-corrected chi connectivity index (χ4v) is 2.73. The van der Waals surface area contributed by atoms with E-state index in [1.54, 1.807) is 24.4 Å². The average molecular weight is 311 g/mol. The number of benzene rings is 1. The molecular formula is C15H16Cl2N2O. The summed E-state index contributed by atoms with van der Waals surface area (Å²) in [4.78, 5) is 11.3. The molecule has 1 aromatic carbocycles. The van der Waals surface area contributed by atoms with Crippen LogP contribution < -0.4 is 0 Å². The van der Waals surface area contributed by atoms with Crippen LogP contribution >= 0.6 is 23.2 Å². The van der Waals surface area contributed by atoms with E-state index >= 15 is 0 Å². The summed E-state index contributed by atoms with van der Waals surface area (Å²) in [5.74, 6) is 0. The molecule has 0 fully saturated rings. The van der Waals surface area contributed by atoms with Crippen molar-refractivity contribution >= 4 is 29.5 Å². The number of aromatic nitrogens is 2. The third kappa shape index (κ3) is 2.89. The maximum Gasteiger partial charge on any atom is 0.153 e. The lowest BCUT2D eigenvalue weighted by Gasteiger charge is -2.12. The number of rotatable bonds is 5. The number of halogens is 2. The van der Waals surface area contributed by atoms with Crippen LogP contribution in [0.2, 0.25) is 10.0 Å². The highest BCUT2D eigenvalue weighted by atomic mass is 35.5. The first-order valence-electron chi connectivity index (χ1n) is 6.60. The van der Waals surface area contributed by atoms with Gasteiger partial charge in [0.2, 0.25) is 0 Å². The predicted molar refractivity (Wildman–Crippen MR) is 82.7 cm³/mol. The van der Waals surface area contributed by atoms with E-state index in [4.69, 9.17) is 23.2 Å². The van der Waals surface area contributed by atoms with Crippen LogP contribution in [0.1, 0.15) is 43.1 Å². The molecule has 0 atom stereocenters. The molecule has 3 nitrogen and oxygen atoms in total. The molecule has 0 radical (unpaired) electrons. The van der Waals surface area contributed by atoms with Gasteiger partial charge in [-0.15, -0.1) is 0 Å². The molecule has 1 aromatic heterocycles. The molecule has 1 heterocycles. The molecule has 106 valence electrons. The van der Waals surface area contributed by atoms with Gasteiger partial charge in [0.15, 0.2) is 6.29 Å². The molecule has 2 aromatic rings. The summed E-state index contributed by atoms with van der Waals surface area (Å²) in [5, 5.41) is 5.60. The van der Waals surface area contributed by atoms with Crippen LogP contribution in [0.25, 0.3) is 11.3 Å². The molecule has 0 aliphatic heterocycles. The quantitative estimate of drug-likeness (QED) is 0.726. The van der Waals surface area contributed by atoms with Crippen molar-refractivity contribution in [2.75, 3.05) is 0 Å². The second-order valence-electron chi connectivity index (χ2n) is 4.63. The van der Waals surface area contributed by atoms with Crippen molar-refractivity contribution in [2.24, 2.45) is 0 Å². The van der Waals surface area contributed by atoms with Crippen LogP contribution in [0.15, 0.2) is 24.4 Å². The van der Waals surface area contributed by atoms with E-state index in [0.717, 1.165) is 24.7 Å². The zero-order chi connectivity index (χ0) is 14.7. The first-order valence-corrected chi connectivity index (χ1v) is 7.36. The third-order valence-corrected chi connectivity index (χ3v) is 3.94. The van der Waals surface area contributed by atoms with Crippen molar-refractivity contribution in [1.82, 2.24) is 9.78 Å². The van der Waals surface area contributed by atoms with Crippen LogP contribution in [0.3, 0.4) is 0 Å². The molecule has 0 amide bonds. The number of carbonyl (C=O) groups excluding carboxylic acids is 1. The van der Waals surface area contributed by atoms with Gasteiger partial charge in [-0.25, -0.2) is 0 Å². The van der Waals surface area contributed by atoms with E-state index in [0.29, 0.717) is 21.3 Å². The van der Waals surface area contributed by atoms with Crippen LogP contribution in [0.4, 0.5) is 0 Å². The average Bonchev–Trinajstić information content (AvgIpc) is 2.84. The highest BCUT2D eigenvalue weighted by Crippen LogP contribution is 2.32. The van der Waals surface area contributed by atoms with Gasteiger partial charge in [-0.3, -0.25) is 9.48 Å². The number of hydrogen-bond donors (Lipinski definition) is 0. The lowest BCUT2D eigenvalue weighted by atomic mass is 10.1. The zero-order valence-corrected chi connectivity index (χ0v) is 12.9. The Morgan fingerprint density at radius 2 is 2.00 bits per heavy atom. The largest absolute Gasteiger partial charge is 0.298 e. The Hall–Kier alpha value is -1.32. The smallest absolute Gasteiger partial charge is 0.153 e. The van der Waals surface area contributed by atoms with Gasteiger partial charge in [0, 0.05) is 16.8 Å². The predicted octanol–water partition coefficient (Wildman–Crippen LogP) is 5.03. The minimum atomic E-state index is 0.286. The maximum atomic E-state index is 11.3. The Kier molecular flexibility index (Phi) is 4.84. The molecule has 5 heteroatoms. The highest BCUT2D eigenvalue weighted by Gasteiger charge is 2.16. The van der Waals surface area contributed by atoms with E-state index in [9.17, 15) is 4.79 Å². The van der Waals surface area contributed by atoms with Crippen molar-refractivity contribution in [3.05, 3.63) is 40.0 Å². The summed E-state index contributed by atoms with van der Waals surface area (Å²) in [6.07, 6.45) is 4.52. The Bertz CT molecular complexity index is 618. The Balaban J connectivity index is 2.53. The molecule has 0 unspecified atom stereocenters. The second kappa shape index (κ2) is 6.42. The number of hydrogen-bond acceptors (Lipinski definition) is 2. The molecule has 0 aliphatic rings. The van der Waals surface area contributed by atoms with Crippen molar-refractivity contribution in [2.45, 2.75) is 32.7 Å². The van der Waals surface area contributed by atoms with Crippen molar-refractivity contribution in [3.63, 3.8) is 0 Å². The van der Waals surface area contributed by atoms with E-state index in [1.807, 2.05) is 4.68 Å². The summed E-state index contributed by atoms with van der Waals surface area (Å²) in [7, 11) is 0.